The van der Waals surface area contributed by atoms with Crippen molar-refractivity contribution in [2.75, 3.05) is 0 Å². The second kappa shape index (κ2) is 4.11. The smallest absolute Gasteiger partial charge is 0.454 e. The van der Waals surface area contributed by atoms with Crippen LogP contribution in [0.3, 0.4) is 0 Å². The predicted molar refractivity (Wildman–Crippen MR) is 41.2 cm³/mol. The third-order valence-corrected chi connectivity index (χ3v) is 0.995. The van der Waals surface area contributed by atoms with Crippen molar-refractivity contribution in [1.29, 1.82) is 0 Å². The molecule has 0 unspecified atom stereocenters. The Morgan fingerprint density at radius 1 is 1.23 bits per heavy atom. The summed E-state index contributed by atoms with van der Waals surface area (Å²) in [5.74, 6) is -2.76. The Balaban J connectivity index is 4.60. The minimum absolute atomic E-state index is 0.146. The van der Waals surface area contributed by atoms with Gasteiger partial charge in [0.05, 0.1) is 0 Å². The molecule has 13 heavy (non-hydrogen) atoms. The highest BCUT2D eigenvalue weighted by molar-refractivity contribution is 5.94. The molecule has 0 spiro atoms. The van der Waals surface area contributed by atoms with Crippen LogP contribution in [0.4, 0.5) is 13.2 Å². The number of ketones is 1. The molecule has 0 aliphatic carbocycles. The van der Waals surface area contributed by atoms with Gasteiger partial charge in [0.25, 0.3) is 5.78 Å². The molecule has 0 amide bonds. The molecule has 2 nitrogen and oxygen atoms in total. The fourth-order valence-corrected chi connectivity index (χ4v) is 0.554. The molecule has 0 atom stereocenters. The van der Waals surface area contributed by atoms with Crippen molar-refractivity contribution in [2.45, 2.75) is 20.0 Å². The predicted octanol–water partition coefficient (Wildman–Crippen LogP) is 2.53. The number of carbonyl (C=O) groups is 1. The molecule has 74 valence electrons. The lowest BCUT2D eigenvalue weighted by Gasteiger charge is -2.00. The van der Waals surface area contributed by atoms with Gasteiger partial charge in [0, 0.05) is 6.08 Å². The maximum Gasteiger partial charge on any atom is 0.454 e. The topological polar surface area (TPSA) is 37.3 Å². The number of allylic oxidation sites excluding steroid dienone is 3. The lowest BCUT2D eigenvalue weighted by atomic mass is 10.2. The van der Waals surface area contributed by atoms with E-state index in [2.05, 4.69) is 0 Å². The zero-order valence-corrected chi connectivity index (χ0v) is 7.14. The Morgan fingerprint density at radius 2 is 1.69 bits per heavy atom. The van der Waals surface area contributed by atoms with Gasteiger partial charge in [-0.05, 0) is 19.9 Å². The lowest BCUT2D eigenvalue weighted by Crippen LogP contribution is -2.20. The first kappa shape index (κ1) is 11.7. The summed E-state index contributed by atoms with van der Waals surface area (Å²) in [4.78, 5) is 10.3. The van der Waals surface area contributed by atoms with Crippen molar-refractivity contribution in [3.8, 4) is 0 Å². The number of carbonyl (C=O) groups excluding carboxylic acids is 1. The van der Waals surface area contributed by atoms with Crippen LogP contribution in [0.2, 0.25) is 0 Å². The molecule has 0 aliphatic heterocycles. The van der Waals surface area contributed by atoms with Crippen LogP contribution in [0.1, 0.15) is 13.8 Å². The van der Waals surface area contributed by atoms with E-state index in [-0.39, 0.29) is 6.08 Å². The quantitative estimate of drug-likeness (QED) is 0.416. The first-order chi connectivity index (χ1) is 5.73. The summed E-state index contributed by atoms with van der Waals surface area (Å²) in [6, 6.07) is 0. The van der Waals surface area contributed by atoms with Gasteiger partial charge in [-0.3, -0.25) is 4.79 Å². The second-order valence-electron chi connectivity index (χ2n) is 2.65. The highest BCUT2D eigenvalue weighted by Gasteiger charge is 2.36. The number of alkyl halides is 3. The summed E-state index contributed by atoms with van der Waals surface area (Å²) in [7, 11) is 0. The van der Waals surface area contributed by atoms with Gasteiger partial charge in [0.1, 0.15) is 5.76 Å². The highest BCUT2D eigenvalue weighted by atomic mass is 19.4. The van der Waals surface area contributed by atoms with Crippen LogP contribution in [0.15, 0.2) is 23.5 Å². The van der Waals surface area contributed by atoms with Crippen molar-refractivity contribution >= 4 is 5.78 Å². The van der Waals surface area contributed by atoms with E-state index in [0.717, 1.165) is 6.08 Å². The van der Waals surface area contributed by atoms with Gasteiger partial charge in [-0.15, -0.1) is 0 Å². The Kier molecular flexibility index (Phi) is 3.71. The standard InChI is InChI=1S/C8H9F3O2/c1-5(2)3-6(12)4-7(13)8(9,10)11/h3-4,12H,1-2H3/b6-4-. The molecule has 0 aromatic carbocycles. The fraction of sp³-hybridized carbons (Fsp3) is 0.375. The van der Waals surface area contributed by atoms with Crippen molar-refractivity contribution < 1.29 is 23.1 Å². The molecule has 0 heterocycles. The largest absolute Gasteiger partial charge is 0.508 e. The molecule has 0 radical (unpaired) electrons. The third-order valence-electron chi connectivity index (χ3n) is 0.995. The first-order valence-electron chi connectivity index (χ1n) is 3.40. The van der Waals surface area contributed by atoms with E-state index in [1.807, 2.05) is 0 Å². The normalized spacial score (nSPS) is 12.5. The van der Waals surface area contributed by atoms with Crippen LogP contribution < -0.4 is 0 Å². The number of aliphatic hydroxyl groups is 1. The van der Waals surface area contributed by atoms with Gasteiger partial charge in [0.15, 0.2) is 0 Å². The van der Waals surface area contributed by atoms with E-state index in [4.69, 9.17) is 5.11 Å². The zero-order chi connectivity index (χ0) is 10.6. The maximum absolute atomic E-state index is 11.6. The number of aliphatic hydroxyl groups excluding tert-OH is 1. The molecule has 0 bridgehead atoms. The number of rotatable bonds is 2. The fourth-order valence-electron chi connectivity index (χ4n) is 0.554. The summed E-state index contributed by atoms with van der Waals surface area (Å²) in [5, 5.41) is 8.82. The number of halogens is 3. The lowest BCUT2D eigenvalue weighted by molar-refractivity contribution is -0.165. The van der Waals surface area contributed by atoms with Crippen molar-refractivity contribution in [3.05, 3.63) is 23.5 Å². The molecule has 5 heteroatoms. The third kappa shape index (κ3) is 5.05. The van der Waals surface area contributed by atoms with Crippen LogP contribution >= 0.6 is 0 Å². The van der Waals surface area contributed by atoms with Gasteiger partial charge in [-0.2, -0.15) is 13.2 Å². The van der Waals surface area contributed by atoms with E-state index in [1.54, 1.807) is 13.8 Å². The van der Waals surface area contributed by atoms with Crippen molar-refractivity contribution in [1.82, 2.24) is 0 Å². The molecule has 0 saturated heterocycles. The summed E-state index contributed by atoms with van der Waals surface area (Å²) in [5.41, 5.74) is 0.601. The van der Waals surface area contributed by atoms with E-state index >= 15 is 0 Å². The average molecular weight is 194 g/mol. The Labute approximate surface area is 73.4 Å². The molecule has 1 N–H and O–H groups in total. The minimum Gasteiger partial charge on any atom is -0.508 e. The molecule has 0 aromatic rings. The molecule has 0 saturated carbocycles. The number of hydrogen-bond donors (Lipinski definition) is 1. The van der Waals surface area contributed by atoms with Gasteiger partial charge in [-0.1, -0.05) is 5.57 Å². The van der Waals surface area contributed by atoms with Gasteiger partial charge in [0.2, 0.25) is 0 Å². The van der Waals surface area contributed by atoms with Crippen LogP contribution in [-0.4, -0.2) is 17.1 Å². The van der Waals surface area contributed by atoms with Crippen LogP contribution in [0.5, 0.6) is 0 Å². The van der Waals surface area contributed by atoms with Crippen LogP contribution in [-0.2, 0) is 4.79 Å². The van der Waals surface area contributed by atoms with Crippen LogP contribution in [0, 0.1) is 0 Å². The molecule has 0 fully saturated rings. The van der Waals surface area contributed by atoms with Gasteiger partial charge >= 0.3 is 6.18 Å². The molecule has 0 rings (SSSR count). The summed E-state index contributed by atoms with van der Waals surface area (Å²) >= 11 is 0. The van der Waals surface area contributed by atoms with Gasteiger partial charge in [-0.25, -0.2) is 0 Å². The van der Waals surface area contributed by atoms with E-state index in [0.29, 0.717) is 5.57 Å². The van der Waals surface area contributed by atoms with E-state index in [1.165, 1.54) is 0 Å². The zero-order valence-electron chi connectivity index (χ0n) is 7.14. The van der Waals surface area contributed by atoms with Crippen molar-refractivity contribution in [3.63, 3.8) is 0 Å². The minimum atomic E-state index is -4.93. The average Bonchev–Trinajstić information content (AvgIpc) is 1.82. The SMILES string of the molecule is CC(C)=C/C(O)=C/C(=O)C(F)(F)F. The second-order valence-corrected chi connectivity index (χ2v) is 2.65. The molecular weight excluding hydrogens is 185 g/mol. The number of hydrogen-bond acceptors (Lipinski definition) is 2. The highest BCUT2D eigenvalue weighted by Crippen LogP contribution is 2.17. The molecule has 0 aliphatic rings. The maximum atomic E-state index is 11.6. The molecular formula is C8H9F3O2. The Hall–Kier alpha value is -1.26. The summed E-state index contributed by atoms with van der Waals surface area (Å²) in [6.45, 7) is 3.17. The molecule has 0 aromatic heterocycles. The van der Waals surface area contributed by atoms with E-state index < -0.39 is 17.7 Å². The monoisotopic (exact) mass is 194 g/mol. The first-order valence-corrected chi connectivity index (χ1v) is 3.40. The summed E-state index contributed by atoms with van der Waals surface area (Å²) < 4.78 is 34.9. The summed E-state index contributed by atoms with van der Waals surface area (Å²) in [6.07, 6.45) is -3.71. The van der Waals surface area contributed by atoms with E-state index in [9.17, 15) is 18.0 Å². The Bertz CT molecular complexity index is 257. The van der Waals surface area contributed by atoms with Crippen molar-refractivity contribution in [2.24, 2.45) is 0 Å². The van der Waals surface area contributed by atoms with Crippen LogP contribution in [0.25, 0.3) is 0 Å². The van der Waals surface area contributed by atoms with Gasteiger partial charge < -0.3 is 5.11 Å². The Morgan fingerprint density at radius 3 is 2.00 bits per heavy atom.